The van der Waals surface area contributed by atoms with Crippen LogP contribution in [0.4, 0.5) is 18.9 Å². The van der Waals surface area contributed by atoms with Crippen LogP contribution in [0.25, 0.3) is 0 Å². The molecule has 0 saturated carbocycles. The van der Waals surface area contributed by atoms with E-state index in [0.29, 0.717) is 0 Å². The maximum Gasteiger partial charge on any atom is 0.418 e. The molecule has 27 heavy (non-hydrogen) atoms. The summed E-state index contributed by atoms with van der Waals surface area (Å²) in [4.78, 5) is 0. The first kappa shape index (κ1) is 18.1. The third kappa shape index (κ3) is 3.15. The predicted molar refractivity (Wildman–Crippen MR) is 103 cm³/mol. The van der Waals surface area contributed by atoms with E-state index in [1.165, 1.54) is 17.7 Å². The van der Waals surface area contributed by atoms with Crippen LogP contribution in [0.2, 0.25) is 0 Å². The van der Waals surface area contributed by atoms with Crippen molar-refractivity contribution in [3.63, 3.8) is 0 Å². The third-order valence-electron chi connectivity index (χ3n) is 5.84. The number of hydrogen-bond acceptors (Lipinski definition) is 1. The van der Waals surface area contributed by atoms with Gasteiger partial charge in [-0.1, -0.05) is 69.3 Å². The first-order valence-electron chi connectivity index (χ1n) is 9.40. The van der Waals surface area contributed by atoms with Crippen molar-refractivity contribution in [2.75, 3.05) is 5.32 Å². The molecule has 0 amide bonds. The quantitative estimate of drug-likeness (QED) is 0.542. The summed E-state index contributed by atoms with van der Waals surface area (Å²) in [6, 6.07) is 12.7. The van der Waals surface area contributed by atoms with E-state index in [9.17, 15) is 13.2 Å². The second-order valence-corrected chi connectivity index (χ2v) is 8.62. The van der Waals surface area contributed by atoms with Crippen molar-refractivity contribution >= 4 is 5.69 Å². The van der Waals surface area contributed by atoms with Crippen LogP contribution in [0.3, 0.4) is 0 Å². The molecular formula is C23H24F3N. The van der Waals surface area contributed by atoms with E-state index in [4.69, 9.17) is 0 Å². The summed E-state index contributed by atoms with van der Waals surface area (Å²) >= 11 is 0. The summed E-state index contributed by atoms with van der Waals surface area (Å²) in [5.41, 5.74) is 2.74. The van der Waals surface area contributed by atoms with Gasteiger partial charge < -0.3 is 5.32 Å². The van der Waals surface area contributed by atoms with Gasteiger partial charge in [-0.15, -0.1) is 0 Å². The third-order valence-corrected chi connectivity index (χ3v) is 5.84. The van der Waals surface area contributed by atoms with Crippen LogP contribution in [0.1, 0.15) is 61.4 Å². The highest BCUT2D eigenvalue weighted by Crippen LogP contribution is 2.52. The molecule has 1 nitrogen and oxygen atoms in total. The van der Waals surface area contributed by atoms with Crippen molar-refractivity contribution in [1.82, 2.24) is 0 Å². The highest BCUT2D eigenvalue weighted by Gasteiger charge is 2.42. The maximum atomic E-state index is 13.6. The van der Waals surface area contributed by atoms with Gasteiger partial charge in [-0.05, 0) is 40.5 Å². The number of para-hydroxylation sites is 1. The normalized spacial score (nSPS) is 24.3. The van der Waals surface area contributed by atoms with Gasteiger partial charge in [0, 0.05) is 5.92 Å². The van der Waals surface area contributed by atoms with Crippen LogP contribution in [0.15, 0.2) is 54.6 Å². The Morgan fingerprint density at radius 3 is 2.30 bits per heavy atom. The van der Waals surface area contributed by atoms with Crippen molar-refractivity contribution in [3.8, 4) is 0 Å². The topological polar surface area (TPSA) is 12.0 Å². The number of allylic oxidation sites excluding steroid dienone is 2. The highest BCUT2D eigenvalue weighted by atomic mass is 19.4. The molecule has 1 heterocycles. The van der Waals surface area contributed by atoms with Crippen LogP contribution in [-0.4, -0.2) is 0 Å². The molecule has 4 heteroatoms. The molecule has 142 valence electrons. The molecule has 2 aromatic carbocycles. The molecule has 0 fully saturated rings. The Hall–Kier alpha value is -2.23. The van der Waals surface area contributed by atoms with Gasteiger partial charge in [0.1, 0.15) is 0 Å². The summed E-state index contributed by atoms with van der Waals surface area (Å²) in [6.07, 6.45) is 0.678. The van der Waals surface area contributed by atoms with Gasteiger partial charge in [0.2, 0.25) is 0 Å². The van der Waals surface area contributed by atoms with Gasteiger partial charge in [0.05, 0.1) is 17.3 Å². The first-order valence-corrected chi connectivity index (χ1v) is 9.40. The lowest BCUT2D eigenvalue weighted by atomic mass is 9.75. The molecule has 1 N–H and O–H groups in total. The van der Waals surface area contributed by atoms with Gasteiger partial charge >= 0.3 is 6.18 Å². The number of nitrogens with one attached hydrogen (secondary N) is 1. The van der Waals surface area contributed by atoms with Crippen LogP contribution < -0.4 is 5.32 Å². The molecule has 1 aliphatic heterocycles. The second-order valence-electron chi connectivity index (χ2n) is 8.62. The van der Waals surface area contributed by atoms with E-state index in [0.717, 1.165) is 17.5 Å². The number of hydrogen-bond donors (Lipinski definition) is 1. The van der Waals surface area contributed by atoms with Crippen molar-refractivity contribution in [3.05, 3.63) is 76.9 Å². The average Bonchev–Trinajstić information content (AvgIpc) is 3.09. The number of benzene rings is 2. The Morgan fingerprint density at radius 2 is 1.67 bits per heavy atom. The molecule has 0 bridgehead atoms. The highest BCUT2D eigenvalue weighted by molar-refractivity contribution is 5.65. The lowest BCUT2D eigenvalue weighted by molar-refractivity contribution is -0.137. The van der Waals surface area contributed by atoms with E-state index in [1.807, 2.05) is 6.07 Å². The van der Waals surface area contributed by atoms with Crippen LogP contribution >= 0.6 is 0 Å². The zero-order chi connectivity index (χ0) is 19.4. The van der Waals surface area contributed by atoms with Crippen molar-refractivity contribution in [2.24, 2.45) is 5.92 Å². The van der Waals surface area contributed by atoms with Gasteiger partial charge in [0.15, 0.2) is 0 Å². The summed E-state index contributed by atoms with van der Waals surface area (Å²) in [5.74, 6) is 0.261. The fourth-order valence-corrected chi connectivity index (χ4v) is 4.38. The molecule has 2 aliphatic rings. The molecule has 0 radical (unpaired) electrons. The van der Waals surface area contributed by atoms with E-state index < -0.39 is 11.7 Å². The van der Waals surface area contributed by atoms with E-state index >= 15 is 0 Å². The Kier molecular flexibility index (Phi) is 4.13. The second kappa shape index (κ2) is 6.15. The number of anilines is 1. The van der Waals surface area contributed by atoms with Crippen molar-refractivity contribution < 1.29 is 13.2 Å². The molecule has 0 spiro atoms. The largest absolute Gasteiger partial charge is 0.418 e. The van der Waals surface area contributed by atoms with Gasteiger partial charge in [0.25, 0.3) is 0 Å². The molecule has 0 unspecified atom stereocenters. The number of halogens is 3. The average molecular weight is 371 g/mol. The van der Waals surface area contributed by atoms with Crippen LogP contribution in [0.5, 0.6) is 0 Å². The number of alkyl halides is 3. The van der Waals surface area contributed by atoms with E-state index in [-0.39, 0.29) is 29.0 Å². The SMILES string of the molecule is CC(C)(C)c1ccc([C@@H]2Nc3c(cccc3C(F)(F)F)[C@H]3C=CC[C@H]32)cc1. The zero-order valence-corrected chi connectivity index (χ0v) is 15.8. The molecule has 1 aliphatic carbocycles. The fourth-order valence-electron chi connectivity index (χ4n) is 4.38. The van der Waals surface area contributed by atoms with E-state index in [1.54, 1.807) is 0 Å². The summed E-state index contributed by atoms with van der Waals surface area (Å²) in [7, 11) is 0. The minimum absolute atomic E-state index is 0.0239. The molecule has 4 rings (SSSR count). The number of fused-ring (bicyclic) bond motifs is 3. The Labute approximate surface area is 158 Å². The monoisotopic (exact) mass is 371 g/mol. The van der Waals surface area contributed by atoms with Crippen molar-refractivity contribution in [1.29, 1.82) is 0 Å². The lowest BCUT2D eigenvalue weighted by Crippen LogP contribution is -2.30. The molecular weight excluding hydrogens is 347 g/mol. The fraction of sp³-hybridized carbons (Fsp3) is 0.391. The van der Waals surface area contributed by atoms with Gasteiger partial charge in [-0.25, -0.2) is 0 Å². The minimum atomic E-state index is -4.37. The maximum absolute atomic E-state index is 13.6. The Morgan fingerprint density at radius 1 is 0.963 bits per heavy atom. The van der Waals surface area contributed by atoms with E-state index in [2.05, 4.69) is 62.5 Å². The molecule has 2 aromatic rings. The number of rotatable bonds is 1. The molecule has 0 saturated heterocycles. The minimum Gasteiger partial charge on any atom is -0.377 e. The molecule has 0 aromatic heterocycles. The standard InChI is InChI=1S/C23H24F3N/c1-22(2,3)15-12-10-14(11-13-15)20-17-7-4-6-16(17)18-8-5-9-19(21(18)27-20)23(24,25)26/h4-6,8-13,16-17,20,27H,7H2,1-3H3/t16-,17+,20-/m0/s1. The first-order chi connectivity index (χ1) is 12.7. The summed E-state index contributed by atoms with van der Waals surface area (Å²) < 4.78 is 40.7. The van der Waals surface area contributed by atoms with Gasteiger partial charge in [-0.2, -0.15) is 13.2 Å². The van der Waals surface area contributed by atoms with Crippen LogP contribution in [0, 0.1) is 5.92 Å². The zero-order valence-electron chi connectivity index (χ0n) is 15.8. The van der Waals surface area contributed by atoms with Crippen molar-refractivity contribution in [2.45, 2.75) is 50.7 Å². The molecule has 3 atom stereocenters. The smallest absolute Gasteiger partial charge is 0.377 e. The van der Waals surface area contributed by atoms with Crippen LogP contribution in [-0.2, 0) is 11.6 Å². The summed E-state index contributed by atoms with van der Waals surface area (Å²) in [6.45, 7) is 6.47. The lowest BCUT2D eigenvalue weighted by Gasteiger charge is -2.39. The van der Waals surface area contributed by atoms with Gasteiger partial charge in [-0.3, -0.25) is 0 Å². The summed E-state index contributed by atoms with van der Waals surface area (Å²) in [5, 5.41) is 3.26. The predicted octanol–water partition coefficient (Wildman–Crippen LogP) is 6.83. The Balaban J connectivity index is 1.77. The Bertz CT molecular complexity index is 872.